The summed E-state index contributed by atoms with van der Waals surface area (Å²) in [5, 5.41) is 10.1. The van der Waals surface area contributed by atoms with E-state index in [0.717, 1.165) is 32.1 Å². The minimum atomic E-state index is -3.47. The predicted molar refractivity (Wildman–Crippen MR) is 79.5 cm³/mol. The molecule has 4 atom stereocenters. The molecular formula is C14H28N2O3S. The van der Waals surface area contributed by atoms with Crippen LogP contribution in [0, 0.1) is 11.8 Å². The van der Waals surface area contributed by atoms with Crippen molar-refractivity contribution in [2.24, 2.45) is 11.8 Å². The molecule has 6 heteroatoms. The lowest BCUT2D eigenvalue weighted by molar-refractivity contribution is 0.128. The Bertz CT molecular complexity index is 403. The minimum absolute atomic E-state index is 0.324. The monoisotopic (exact) mass is 304 g/mol. The third kappa shape index (κ3) is 4.16. The van der Waals surface area contributed by atoms with E-state index in [-0.39, 0.29) is 6.04 Å². The second-order valence-electron chi connectivity index (χ2n) is 6.70. The van der Waals surface area contributed by atoms with Gasteiger partial charge in [-0.2, -0.15) is 17.4 Å². The zero-order valence-corrected chi connectivity index (χ0v) is 13.4. The fraction of sp³-hybridized carbons (Fsp3) is 1.00. The van der Waals surface area contributed by atoms with E-state index in [4.69, 9.17) is 0 Å². The molecule has 2 rings (SSSR count). The lowest BCUT2D eigenvalue weighted by Crippen LogP contribution is -2.52. The van der Waals surface area contributed by atoms with Crippen LogP contribution in [0.1, 0.15) is 52.4 Å². The molecule has 0 spiro atoms. The summed E-state index contributed by atoms with van der Waals surface area (Å²) in [4.78, 5) is 0. The van der Waals surface area contributed by atoms with Gasteiger partial charge in [0.25, 0.3) is 10.2 Å². The van der Waals surface area contributed by atoms with Crippen LogP contribution >= 0.6 is 0 Å². The van der Waals surface area contributed by atoms with Crippen molar-refractivity contribution in [2.75, 3.05) is 13.1 Å². The average molecular weight is 304 g/mol. The van der Waals surface area contributed by atoms with E-state index in [0.29, 0.717) is 31.3 Å². The number of hydrogen-bond acceptors (Lipinski definition) is 3. The Labute approximate surface area is 122 Å². The first-order valence-electron chi connectivity index (χ1n) is 7.84. The Morgan fingerprint density at radius 1 is 1.05 bits per heavy atom. The smallest absolute Gasteiger partial charge is 0.279 e. The summed E-state index contributed by atoms with van der Waals surface area (Å²) < 4.78 is 29.3. The van der Waals surface area contributed by atoms with E-state index in [2.05, 4.69) is 18.6 Å². The molecule has 4 unspecified atom stereocenters. The van der Waals surface area contributed by atoms with Crippen LogP contribution in [-0.4, -0.2) is 43.1 Å². The van der Waals surface area contributed by atoms with Gasteiger partial charge < -0.3 is 5.11 Å². The first-order chi connectivity index (χ1) is 9.38. The highest BCUT2D eigenvalue weighted by Gasteiger charge is 2.33. The topological polar surface area (TPSA) is 69.6 Å². The van der Waals surface area contributed by atoms with Gasteiger partial charge in [0.2, 0.25) is 0 Å². The van der Waals surface area contributed by atoms with Crippen molar-refractivity contribution < 1.29 is 13.5 Å². The third-order valence-corrected chi connectivity index (χ3v) is 6.03. The normalized spacial score (nSPS) is 37.5. The van der Waals surface area contributed by atoms with Crippen LogP contribution in [0.15, 0.2) is 0 Å². The number of hydrogen-bond donors (Lipinski definition) is 2. The first kappa shape index (κ1) is 16.2. The lowest BCUT2D eigenvalue weighted by Gasteiger charge is -2.35. The maximum Gasteiger partial charge on any atom is 0.279 e. The maximum absolute atomic E-state index is 12.5. The third-order valence-electron chi connectivity index (χ3n) is 4.46. The molecule has 5 nitrogen and oxygen atoms in total. The molecule has 0 aromatic heterocycles. The van der Waals surface area contributed by atoms with E-state index in [9.17, 15) is 13.5 Å². The maximum atomic E-state index is 12.5. The quantitative estimate of drug-likeness (QED) is 0.776. The van der Waals surface area contributed by atoms with Gasteiger partial charge in [-0.25, -0.2) is 0 Å². The van der Waals surface area contributed by atoms with Crippen molar-refractivity contribution in [3.05, 3.63) is 0 Å². The van der Waals surface area contributed by atoms with Crippen molar-refractivity contribution in [3.63, 3.8) is 0 Å². The molecule has 0 aromatic rings. The molecular weight excluding hydrogens is 276 g/mol. The Hall–Kier alpha value is -0.170. The Morgan fingerprint density at radius 2 is 1.65 bits per heavy atom. The Balaban J connectivity index is 2.02. The second-order valence-corrected chi connectivity index (χ2v) is 8.40. The van der Waals surface area contributed by atoms with E-state index in [1.54, 1.807) is 4.31 Å². The molecule has 1 saturated heterocycles. The fourth-order valence-corrected chi connectivity index (χ4v) is 5.20. The van der Waals surface area contributed by atoms with Crippen molar-refractivity contribution >= 4 is 10.2 Å². The van der Waals surface area contributed by atoms with Crippen molar-refractivity contribution in [1.82, 2.24) is 9.03 Å². The van der Waals surface area contributed by atoms with Gasteiger partial charge in [-0.15, -0.1) is 0 Å². The molecule has 1 aliphatic carbocycles. The molecule has 0 radical (unpaired) electrons. The van der Waals surface area contributed by atoms with Crippen LogP contribution in [0.25, 0.3) is 0 Å². The summed E-state index contributed by atoms with van der Waals surface area (Å²) in [5.74, 6) is 0.795. The SMILES string of the molecule is CC1CC(C)CN(S(=O)(=O)NC2CCCCCC2O)C1. The molecule has 2 fully saturated rings. The summed E-state index contributed by atoms with van der Waals surface area (Å²) in [6, 6.07) is -0.324. The summed E-state index contributed by atoms with van der Waals surface area (Å²) in [7, 11) is -3.47. The molecule has 1 heterocycles. The molecule has 118 valence electrons. The Kier molecular flexibility index (Phi) is 5.45. The van der Waals surface area contributed by atoms with Crippen LogP contribution in [0.4, 0.5) is 0 Å². The zero-order valence-electron chi connectivity index (χ0n) is 12.6. The highest BCUT2D eigenvalue weighted by atomic mass is 32.2. The summed E-state index contributed by atoms with van der Waals surface area (Å²) in [6.07, 6.45) is 5.01. The van der Waals surface area contributed by atoms with Gasteiger partial charge >= 0.3 is 0 Å². The molecule has 2 N–H and O–H groups in total. The van der Waals surface area contributed by atoms with E-state index in [1.165, 1.54) is 0 Å². The molecule has 1 saturated carbocycles. The molecule has 20 heavy (non-hydrogen) atoms. The van der Waals surface area contributed by atoms with Crippen LogP contribution < -0.4 is 4.72 Å². The van der Waals surface area contributed by atoms with E-state index in [1.807, 2.05) is 0 Å². The van der Waals surface area contributed by atoms with Crippen molar-refractivity contribution in [3.8, 4) is 0 Å². The number of aliphatic hydroxyl groups is 1. The van der Waals surface area contributed by atoms with Crippen LogP contribution in [0.3, 0.4) is 0 Å². The molecule has 0 amide bonds. The second kappa shape index (κ2) is 6.73. The summed E-state index contributed by atoms with van der Waals surface area (Å²) in [5.41, 5.74) is 0. The zero-order chi connectivity index (χ0) is 14.8. The van der Waals surface area contributed by atoms with E-state index < -0.39 is 16.3 Å². The van der Waals surface area contributed by atoms with Gasteiger partial charge in [0.15, 0.2) is 0 Å². The van der Waals surface area contributed by atoms with Crippen molar-refractivity contribution in [1.29, 1.82) is 0 Å². The van der Waals surface area contributed by atoms with Crippen molar-refractivity contribution in [2.45, 2.75) is 64.5 Å². The fourth-order valence-electron chi connectivity index (χ4n) is 3.49. The predicted octanol–water partition coefficient (Wildman–Crippen LogP) is 1.49. The molecule has 2 aliphatic rings. The van der Waals surface area contributed by atoms with Gasteiger partial charge in [0.05, 0.1) is 6.10 Å². The standard InChI is InChI=1S/C14H28N2O3S/c1-11-8-12(2)10-16(9-11)20(18,19)15-13-6-4-3-5-7-14(13)17/h11-15,17H,3-10H2,1-2H3. The summed E-state index contributed by atoms with van der Waals surface area (Å²) >= 11 is 0. The summed E-state index contributed by atoms with van der Waals surface area (Å²) in [6.45, 7) is 5.36. The van der Waals surface area contributed by atoms with Gasteiger partial charge in [-0.05, 0) is 31.1 Å². The van der Waals surface area contributed by atoms with Gasteiger partial charge in [-0.1, -0.05) is 33.1 Å². The number of nitrogens with one attached hydrogen (secondary N) is 1. The number of piperidine rings is 1. The van der Waals surface area contributed by atoms with Gasteiger partial charge in [-0.3, -0.25) is 0 Å². The lowest BCUT2D eigenvalue weighted by atomic mass is 9.94. The average Bonchev–Trinajstić information content (AvgIpc) is 2.53. The molecule has 0 aromatic carbocycles. The van der Waals surface area contributed by atoms with Crippen LogP contribution in [0.2, 0.25) is 0 Å². The van der Waals surface area contributed by atoms with Crippen LogP contribution in [0.5, 0.6) is 0 Å². The first-order valence-corrected chi connectivity index (χ1v) is 9.28. The van der Waals surface area contributed by atoms with E-state index >= 15 is 0 Å². The largest absolute Gasteiger partial charge is 0.391 e. The molecule has 0 bridgehead atoms. The number of aliphatic hydroxyl groups excluding tert-OH is 1. The van der Waals surface area contributed by atoms with Crippen LogP contribution in [-0.2, 0) is 10.2 Å². The molecule has 1 aliphatic heterocycles. The number of rotatable bonds is 3. The Morgan fingerprint density at radius 3 is 2.30 bits per heavy atom. The highest BCUT2D eigenvalue weighted by Crippen LogP contribution is 2.24. The highest BCUT2D eigenvalue weighted by molar-refractivity contribution is 7.87. The van der Waals surface area contributed by atoms with Gasteiger partial charge in [0, 0.05) is 19.1 Å². The van der Waals surface area contributed by atoms with Gasteiger partial charge in [0.1, 0.15) is 0 Å². The number of nitrogens with zero attached hydrogens (tertiary/aromatic N) is 1. The minimum Gasteiger partial charge on any atom is -0.391 e.